The Hall–Kier alpha value is -1.32. The second kappa shape index (κ2) is 6.22. The van der Waals surface area contributed by atoms with E-state index in [2.05, 4.69) is 46.5 Å². The molecule has 4 heteroatoms. The summed E-state index contributed by atoms with van der Waals surface area (Å²) in [4.78, 5) is 6.78. The molecule has 3 rings (SSSR count). The minimum absolute atomic E-state index is 0. The number of rotatable bonds is 2. The van der Waals surface area contributed by atoms with Gasteiger partial charge in [-0.05, 0) is 50.2 Å². The molecule has 0 bridgehead atoms. The van der Waals surface area contributed by atoms with Crippen molar-refractivity contribution in [2.45, 2.75) is 18.9 Å². The molecular formula is C15H20ClN3. The van der Waals surface area contributed by atoms with E-state index in [0.29, 0.717) is 6.04 Å². The number of nitrogens with one attached hydrogen (secondary N) is 1. The summed E-state index contributed by atoms with van der Waals surface area (Å²) in [7, 11) is 2.20. The highest BCUT2D eigenvalue weighted by molar-refractivity contribution is 5.85. The van der Waals surface area contributed by atoms with Crippen LogP contribution < -0.4 is 10.2 Å². The van der Waals surface area contributed by atoms with Crippen molar-refractivity contribution in [2.24, 2.45) is 0 Å². The lowest BCUT2D eigenvalue weighted by Crippen LogP contribution is -2.41. The van der Waals surface area contributed by atoms with E-state index < -0.39 is 0 Å². The minimum atomic E-state index is 0. The van der Waals surface area contributed by atoms with Gasteiger partial charge in [0.25, 0.3) is 0 Å². The minimum Gasteiger partial charge on any atom is -0.371 e. The quantitative estimate of drug-likeness (QED) is 0.915. The van der Waals surface area contributed by atoms with E-state index in [9.17, 15) is 0 Å². The third kappa shape index (κ3) is 2.99. The molecule has 0 amide bonds. The van der Waals surface area contributed by atoms with E-state index in [0.717, 1.165) is 18.6 Å². The van der Waals surface area contributed by atoms with Gasteiger partial charge < -0.3 is 10.2 Å². The van der Waals surface area contributed by atoms with E-state index in [-0.39, 0.29) is 12.4 Å². The third-order valence-corrected chi connectivity index (χ3v) is 3.85. The molecule has 19 heavy (non-hydrogen) atoms. The van der Waals surface area contributed by atoms with Gasteiger partial charge in [0.1, 0.15) is 0 Å². The highest BCUT2D eigenvalue weighted by atomic mass is 35.5. The molecule has 1 saturated heterocycles. The van der Waals surface area contributed by atoms with Crippen LogP contribution in [0.3, 0.4) is 0 Å². The van der Waals surface area contributed by atoms with Crippen molar-refractivity contribution in [2.75, 3.05) is 25.0 Å². The lowest BCUT2D eigenvalue weighted by Gasteiger charge is -2.33. The van der Waals surface area contributed by atoms with Crippen molar-refractivity contribution in [3.05, 3.63) is 36.5 Å². The molecule has 3 nitrogen and oxygen atoms in total. The van der Waals surface area contributed by atoms with Gasteiger partial charge in [0.15, 0.2) is 0 Å². The molecule has 1 fully saturated rings. The molecule has 2 heterocycles. The molecule has 1 aliphatic heterocycles. The Morgan fingerprint density at radius 1 is 1.21 bits per heavy atom. The zero-order valence-corrected chi connectivity index (χ0v) is 12.0. The number of hydrogen-bond donors (Lipinski definition) is 1. The molecule has 0 spiro atoms. The molecule has 0 radical (unpaired) electrons. The predicted molar refractivity (Wildman–Crippen MR) is 83.3 cm³/mol. The second-order valence-corrected chi connectivity index (χ2v) is 4.97. The smallest absolute Gasteiger partial charge is 0.0703 e. The SMILES string of the molecule is CN(c1ccc2ncccc2c1)C1CCNCC1.Cl. The maximum absolute atomic E-state index is 4.37. The number of aromatic nitrogens is 1. The van der Waals surface area contributed by atoms with Gasteiger partial charge in [-0.2, -0.15) is 0 Å². The molecule has 1 aromatic heterocycles. The van der Waals surface area contributed by atoms with Crippen molar-refractivity contribution in [3.8, 4) is 0 Å². The number of halogens is 1. The van der Waals surface area contributed by atoms with Crippen LogP contribution in [0.15, 0.2) is 36.5 Å². The lowest BCUT2D eigenvalue weighted by molar-refractivity contribution is 0.443. The van der Waals surface area contributed by atoms with E-state index >= 15 is 0 Å². The first-order valence-corrected chi connectivity index (χ1v) is 6.63. The van der Waals surface area contributed by atoms with Crippen LogP contribution in [0, 0.1) is 0 Å². The molecule has 2 aromatic rings. The fourth-order valence-electron chi connectivity index (χ4n) is 2.69. The van der Waals surface area contributed by atoms with E-state index in [1.54, 1.807) is 0 Å². The number of benzene rings is 1. The van der Waals surface area contributed by atoms with Crippen molar-refractivity contribution in [1.82, 2.24) is 10.3 Å². The van der Waals surface area contributed by atoms with Gasteiger partial charge >= 0.3 is 0 Å². The Morgan fingerprint density at radius 3 is 2.79 bits per heavy atom. The normalized spacial score (nSPS) is 16.1. The average molecular weight is 278 g/mol. The summed E-state index contributed by atoms with van der Waals surface area (Å²) in [5, 5.41) is 4.63. The van der Waals surface area contributed by atoms with Gasteiger partial charge in [-0.25, -0.2) is 0 Å². The van der Waals surface area contributed by atoms with Crippen molar-refractivity contribution in [1.29, 1.82) is 0 Å². The van der Waals surface area contributed by atoms with Crippen molar-refractivity contribution < 1.29 is 0 Å². The Bertz CT molecular complexity index is 538. The summed E-state index contributed by atoms with van der Waals surface area (Å²) < 4.78 is 0. The van der Waals surface area contributed by atoms with Crippen LogP contribution in [-0.2, 0) is 0 Å². The number of anilines is 1. The van der Waals surface area contributed by atoms with Crippen LogP contribution in [-0.4, -0.2) is 31.2 Å². The van der Waals surface area contributed by atoms with Crippen LogP contribution in [0.2, 0.25) is 0 Å². The summed E-state index contributed by atoms with van der Waals surface area (Å²) in [5.74, 6) is 0. The zero-order valence-electron chi connectivity index (χ0n) is 11.2. The van der Waals surface area contributed by atoms with Crippen LogP contribution >= 0.6 is 12.4 Å². The summed E-state index contributed by atoms with van der Waals surface area (Å²) >= 11 is 0. The van der Waals surface area contributed by atoms with Crippen LogP contribution in [0.1, 0.15) is 12.8 Å². The average Bonchev–Trinajstić information content (AvgIpc) is 2.47. The van der Waals surface area contributed by atoms with Crippen LogP contribution in [0.4, 0.5) is 5.69 Å². The van der Waals surface area contributed by atoms with Crippen molar-refractivity contribution >= 4 is 29.0 Å². The maximum Gasteiger partial charge on any atom is 0.0703 e. The van der Waals surface area contributed by atoms with Gasteiger partial charge in [-0.15, -0.1) is 12.4 Å². The Balaban J connectivity index is 0.00000133. The second-order valence-electron chi connectivity index (χ2n) is 4.97. The molecule has 1 aliphatic rings. The Labute approximate surface area is 120 Å². The van der Waals surface area contributed by atoms with E-state index in [1.807, 2.05) is 12.3 Å². The highest BCUT2D eigenvalue weighted by Crippen LogP contribution is 2.23. The van der Waals surface area contributed by atoms with Gasteiger partial charge in [-0.3, -0.25) is 4.98 Å². The number of pyridine rings is 1. The van der Waals surface area contributed by atoms with Crippen LogP contribution in [0.25, 0.3) is 10.9 Å². The van der Waals surface area contributed by atoms with Gasteiger partial charge in [0.05, 0.1) is 5.52 Å². The number of hydrogen-bond acceptors (Lipinski definition) is 3. The third-order valence-electron chi connectivity index (χ3n) is 3.85. The molecule has 1 aromatic carbocycles. The monoisotopic (exact) mass is 277 g/mol. The fourth-order valence-corrected chi connectivity index (χ4v) is 2.69. The number of nitrogens with zero attached hydrogens (tertiary/aromatic N) is 2. The first-order chi connectivity index (χ1) is 8.84. The van der Waals surface area contributed by atoms with E-state index in [1.165, 1.54) is 23.9 Å². The zero-order chi connectivity index (χ0) is 12.4. The Kier molecular flexibility index (Phi) is 4.61. The highest BCUT2D eigenvalue weighted by Gasteiger charge is 2.18. The Morgan fingerprint density at radius 2 is 2.00 bits per heavy atom. The fraction of sp³-hybridized carbons (Fsp3) is 0.400. The standard InChI is InChI=1S/C15H19N3.ClH/c1-18(13-6-9-16-10-7-13)14-4-5-15-12(11-14)3-2-8-17-15;/h2-5,8,11,13,16H,6-7,9-10H2,1H3;1H. The molecule has 0 atom stereocenters. The largest absolute Gasteiger partial charge is 0.371 e. The van der Waals surface area contributed by atoms with Gasteiger partial charge in [0.2, 0.25) is 0 Å². The maximum atomic E-state index is 4.37. The molecule has 0 aliphatic carbocycles. The summed E-state index contributed by atoms with van der Waals surface area (Å²) in [6.07, 6.45) is 4.29. The molecule has 0 saturated carbocycles. The molecule has 102 valence electrons. The summed E-state index contributed by atoms with van der Waals surface area (Å²) in [6.45, 7) is 2.26. The first kappa shape index (κ1) is 14.1. The lowest BCUT2D eigenvalue weighted by atomic mass is 10.0. The van der Waals surface area contributed by atoms with E-state index in [4.69, 9.17) is 0 Å². The molecular weight excluding hydrogens is 258 g/mol. The first-order valence-electron chi connectivity index (χ1n) is 6.63. The van der Waals surface area contributed by atoms with Crippen LogP contribution in [0.5, 0.6) is 0 Å². The van der Waals surface area contributed by atoms with Gasteiger partial charge in [-0.1, -0.05) is 6.07 Å². The summed E-state index contributed by atoms with van der Waals surface area (Å²) in [6, 6.07) is 11.3. The molecule has 1 N–H and O–H groups in total. The molecule has 0 unspecified atom stereocenters. The summed E-state index contributed by atoms with van der Waals surface area (Å²) in [5.41, 5.74) is 2.36. The topological polar surface area (TPSA) is 28.2 Å². The number of piperidine rings is 1. The van der Waals surface area contributed by atoms with Crippen molar-refractivity contribution in [3.63, 3.8) is 0 Å². The number of fused-ring (bicyclic) bond motifs is 1. The predicted octanol–water partition coefficient (Wildman–Crippen LogP) is 2.84. The van der Waals surface area contributed by atoms with Gasteiger partial charge in [0, 0.05) is 30.4 Å².